The predicted octanol–water partition coefficient (Wildman–Crippen LogP) is 2.44. The van der Waals surface area contributed by atoms with E-state index in [1.807, 2.05) is 18.2 Å². The summed E-state index contributed by atoms with van der Waals surface area (Å²) in [5, 5.41) is 0. The molecule has 1 aromatic carbocycles. The van der Waals surface area contributed by atoms with E-state index in [1.54, 1.807) is 4.90 Å². The normalized spacial score (nSPS) is 24.7. The molecule has 0 atom stereocenters. The SMILES string of the molecule is NC(=O)CN(C(=O)C1CC(c2ccccc2)C1)C1CCCC1. The van der Waals surface area contributed by atoms with E-state index in [4.69, 9.17) is 5.73 Å². The first-order chi connectivity index (χ1) is 10.6. The smallest absolute Gasteiger partial charge is 0.237 e. The van der Waals surface area contributed by atoms with Crippen LogP contribution in [0.4, 0.5) is 0 Å². The summed E-state index contributed by atoms with van der Waals surface area (Å²) in [6.45, 7) is 0.0794. The number of nitrogens with two attached hydrogens (primary N) is 1. The molecule has 0 saturated heterocycles. The summed E-state index contributed by atoms with van der Waals surface area (Å²) >= 11 is 0. The van der Waals surface area contributed by atoms with Crippen molar-refractivity contribution >= 4 is 11.8 Å². The minimum absolute atomic E-state index is 0.0603. The second kappa shape index (κ2) is 6.51. The van der Waals surface area contributed by atoms with E-state index in [-0.39, 0.29) is 24.4 Å². The Morgan fingerprint density at radius 2 is 1.73 bits per heavy atom. The van der Waals surface area contributed by atoms with Crippen LogP contribution in [0, 0.1) is 5.92 Å². The van der Waals surface area contributed by atoms with Crippen LogP contribution in [0.2, 0.25) is 0 Å². The molecule has 0 spiro atoms. The fraction of sp³-hybridized carbons (Fsp3) is 0.556. The maximum atomic E-state index is 12.7. The van der Waals surface area contributed by atoms with Crippen molar-refractivity contribution in [2.75, 3.05) is 6.54 Å². The lowest BCUT2D eigenvalue weighted by atomic mass is 9.70. The number of hydrogen-bond donors (Lipinski definition) is 1. The fourth-order valence-electron chi connectivity index (χ4n) is 3.82. The van der Waals surface area contributed by atoms with Crippen molar-refractivity contribution < 1.29 is 9.59 Å². The maximum Gasteiger partial charge on any atom is 0.237 e. The summed E-state index contributed by atoms with van der Waals surface area (Å²) in [5.41, 5.74) is 6.66. The van der Waals surface area contributed by atoms with Gasteiger partial charge in [-0.3, -0.25) is 9.59 Å². The number of carbonyl (C=O) groups is 2. The van der Waals surface area contributed by atoms with Crippen molar-refractivity contribution in [1.29, 1.82) is 0 Å². The van der Waals surface area contributed by atoms with Crippen molar-refractivity contribution in [2.45, 2.75) is 50.5 Å². The maximum absolute atomic E-state index is 12.7. The Morgan fingerprint density at radius 3 is 2.32 bits per heavy atom. The molecule has 0 radical (unpaired) electrons. The molecule has 0 bridgehead atoms. The monoisotopic (exact) mass is 300 g/mol. The van der Waals surface area contributed by atoms with Crippen LogP contribution in [0.15, 0.2) is 30.3 Å². The Kier molecular flexibility index (Phi) is 4.46. The molecule has 2 N–H and O–H groups in total. The molecule has 2 amide bonds. The highest BCUT2D eigenvalue weighted by atomic mass is 16.2. The molecule has 2 aliphatic carbocycles. The molecule has 118 valence electrons. The first-order valence-electron chi connectivity index (χ1n) is 8.29. The summed E-state index contributed by atoms with van der Waals surface area (Å²) < 4.78 is 0. The van der Waals surface area contributed by atoms with Gasteiger partial charge in [0.05, 0.1) is 6.54 Å². The van der Waals surface area contributed by atoms with Crippen molar-refractivity contribution in [3.05, 3.63) is 35.9 Å². The van der Waals surface area contributed by atoms with Crippen LogP contribution < -0.4 is 5.73 Å². The molecule has 1 aromatic rings. The van der Waals surface area contributed by atoms with Gasteiger partial charge in [-0.2, -0.15) is 0 Å². The van der Waals surface area contributed by atoms with Crippen molar-refractivity contribution in [2.24, 2.45) is 11.7 Å². The number of nitrogens with zero attached hydrogens (tertiary/aromatic N) is 1. The van der Waals surface area contributed by atoms with Crippen molar-refractivity contribution in [3.63, 3.8) is 0 Å². The van der Waals surface area contributed by atoms with Gasteiger partial charge < -0.3 is 10.6 Å². The molecule has 4 heteroatoms. The standard InChI is InChI=1S/C18H24N2O2/c19-17(21)12-20(16-8-4-5-9-16)18(22)15-10-14(11-15)13-6-2-1-3-7-13/h1-3,6-7,14-16H,4-5,8-12H2,(H2,19,21). The zero-order valence-corrected chi connectivity index (χ0v) is 12.9. The fourth-order valence-corrected chi connectivity index (χ4v) is 3.82. The van der Waals surface area contributed by atoms with Gasteiger partial charge >= 0.3 is 0 Å². The van der Waals surface area contributed by atoms with Crippen LogP contribution in [0.3, 0.4) is 0 Å². The average molecular weight is 300 g/mol. The number of carbonyl (C=O) groups excluding carboxylic acids is 2. The number of hydrogen-bond acceptors (Lipinski definition) is 2. The molecule has 0 unspecified atom stereocenters. The van der Waals surface area contributed by atoms with Gasteiger partial charge in [0.15, 0.2) is 0 Å². The van der Waals surface area contributed by atoms with Gasteiger partial charge in [0.25, 0.3) is 0 Å². The topological polar surface area (TPSA) is 63.4 Å². The second-order valence-electron chi connectivity index (χ2n) is 6.65. The Balaban J connectivity index is 1.61. The zero-order chi connectivity index (χ0) is 15.5. The highest BCUT2D eigenvalue weighted by Crippen LogP contribution is 2.43. The number of rotatable bonds is 5. The minimum Gasteiger partial charge on any atom is -0.368 e. The summed E-state index contributed by atoms with van der Waals surface area (Å²) in [5.74, 6) is 0.274. The molecule has 0 heterocycles. The van der Waals surface area contributed by atoms with E-state index in [1.165, 1.54) is 5.56 Å². The predicted molar refractivity (Wildman–Crippen MR) is 85.1 cm³/mol. The van der Waals surface area contributed by atoms with Gasteiger partial charge in [-0.25, -0.2) is 0 Å². The van der Waals surface area contributed by atoms with Crippen LogP contribution in [-0.4, -0.2) is 29.3 Å². The van der Waals surface area contributed by atoms with Gasteiger partial charge in [-0.1, -0.05) is 43.2 Å². The molecule has 4 nitrogen and oxygen atoms in total. The third-order valence-corrected chi connectivity index (χ3v) is 5.13. The largest absolute Gasteiger partial charge is 0.368 e. The highest BCUT2D eigenvalue weighted by Gasteiger charge is 2.40. The van der Waals surface area contributed by atoms with Crippen molar-refractivity contribution in [3.8, 4) is 0 Å². The van der Waals surface area contributed by atoms with Crippen molar-refractivity contribution in [1.82, 2.24) is 4.90 Å². The third kappa shape index (κ3) is 3.16. The summed E-state index contributed by atoms with van der Waals surface area (Å²) in [6.07, 6.45) is 6.09. The molecule has 0 aliphatic heterocycles. The first kappa shape index (κ1) is 15.1. The van der Waals surface area contributed by atoms with Crippen LogP contribution in [-0.2, 0) is 9.59 Å². The van der Waals surface area contributed by atoms with Gasteiger partial charge in [0.1, 0.15) is 0 Å². The van der Waals surface area contributed by atoms with Crippen LogP contribution in [0.1, 0.15) is 50.0 Å². The molecule has 2 saturated carbocycles. The van der Waals surface area contributed by atoms with Gasteiger partial charge in [0, 0.05) is 12.0 Å². The van der Waals surface area contributed by atoms with Gasteiger partial charge in [-0.15, -0.1) is 0 Å². The van der Waals surface area contributed by atoms with Crippen LogP contribution in [0.25, 0.3) is 0 Å². The molecule has 2 fully saturated rings. The summed E-state index contributed by atoms with van der Waals surface area (Å²) in [4.78, 5) is 25.8. The average Bonchev–Trinajstić information content (AvgIpc) is 2.98. The lowest BCUT2D eigenvalue weighted by Crippen LogP contribution is -2.49. The quantitative estimate of drug-likeness (QED) is 0.907. The molecule has 0 aromatic heterocycles. The van der Waals surface area contributed by atoms with E-state index >= 15 is 0 Å². The second-order valence-corrected chi connectivity index (χ2v) is 6.65. The van der Waals surface area contributed by atoms with Crippen LogP contribution in [0.5, 0.6) is 0 Å². The Bertz CT molecular complexity index is 531. The Morgan fingerprint density at radius 1 is 1.09 bits per heavy atom. The summed E-state index contributed by atoms with van der Waals surface area (Å²) in [7, 11) is 0. The number of primary amides is 1. The van der Waals surface area contributed by atoms with E-state index < -0.39 is 5.91 Å². The molecular weight excluding hydrogens is 276 g/mol. The van der Waals surface area contributed by atoms with E-state index in [2.05, 4.69) is 12.1 Å². The Labute approximate surface area is 131 Å². The third-order valence-electron chi connectivity index (χ3n) is 5.13. The van der Waals surface area contributed by atoms with E-state index in [9.17, 15) is 9.59 Å². The van der Waals surface area contributed by atoms with Crippen LogP contribution >= 0.6 is 0 Å². The van der Waals surface area contributed by atoms with Gasteiger partial charge in [-0.05, 0) is 37.2 Å². The molecule has 22 heavy (non-hydrogen) atoms. The first-order valence-corrected chi connectivity index (χ1v) is 8.29. The Hall–Kier alpha value is -1.84. The number of benzene rings is 1. The van der Waals surface area contributed by atoms with Gasteiger partial charge in [0.2, 0.25) is 11.8 Å². The lowest BCUT2D eigenvalue weighted by molar-refractivity contribution is -0.144. The minimum atomic E-state index is -0.404. The zero-order valence-electron chi connectivity index (χ0n) is 12.9. The number of amides is 2. The summed E-state index contributed by atoms with van der Waals surface area (Å²) in [6, 6.07) is 10.6. The molecular formula is C18H24N2O2. The van der Waals surface area contributed by atoms with E-state index in [0.717, 1.165) is 38.5 Å². The highest BCUT2D eigenvalue weighted by molar-refractivity contribution is 5.86. The lowest BCUT2D eigenvalue weighted by Gasteiger charge is -2.39. The molecule has 2 aliphatic rings. The molecule has 3 rings (SSSR count). The van der Waals surface area contributed by atoms with E-state index in [0.29, 0.717) is 5.92 Å².